The van der Waals surface area contributed by atoms with Gasteiger partial charge >= 0.3 is 5.97 Å². The van der Waals surface area contributed by atoms with E-state index < -0.39 is 0 Å². The van der Waals surface area contributed by atoms with Crippen molar-refractivity contribution in [1.82, 2.24) is 9.99 Å². The smallest absolute Gasteiger partial charge is 0.337 e. The van der Waals surface area contributed by atoms with E-state index >= 15 is 0 Å². The summed E-state index contributed by atoms with van der Waals surface area (Å²) in [5, 5.41) is 4.11. The van der Waals surface area contributed by atoms with Crippen LogP contribution in [0.5, 0.6) is 11.5 Å². The lowest BCUT2D eigenvalue weighted by molar-refractivity contribution is 0.0600. The standard InChI is InChI=1S/C24H25N3O5/c1-15-10-19(16(2)27(15)20-8-6-17(7-9-20)24(29)32-5)14-25-26-23(28)18-11-21(30-3)13-22(12-18)31-4/h6-14H,1-5H3,(H,26,28)/b25-14-. The van der Waals surface area contributed by atoms with Gasteiger partial charge in [-0.1, -0.05) is 0 Å². The zero-order chi connectivity index (χ0) is 23.3. The molecule has 1 heterocycles. The molecule has 0 unspecified atom stereocenters. The van der Waals surface area contributed by atoms with Crippen LogP contribution in [0.3, 0.4) is 0 Å². The first-order valence-corrected chi connectivity index (χ1v) is 9.82. The number of hydrogen-bond donors (Lipinski definition) is 1. The number of carbonyl (C=O) groups excluding carboxylic acids is 2. The number of ether oxygens (including phenoxy) is 3. The summed E-state index contributed by atoms with van der Waals surface area (Å²) in [4.78, 5) is 24.1. The highest BCUT2D eigenvalue weighted by atomic mass is 16.5. The Morgan fingerprint density at radius 1 is 0.906 bits per heavy atom. The first kappa shape index (κ1) is 22.6. The number of methoxy groups -OCH3 is 3. The zero-order valence-corrected chi connectivity index (χ0v) is 18.6. The first-order valence-electron chi connectivity index (χ1n) is 9.82. The fourth-order valence-electron chi connectivity index (χ4n) is 3.34. The second-order valence-corrected chi connectivity index (χ2v) is 7.00. The summed E-state index contributed by atoms with van der Waals surface area (Å²) in [7, 11) is 4.40. The van der Waals surface area contributed by atoms with E-state index in [1.807, 2.05) is 36.6 Å². The third-order valence-corrected chi connectivity index (χ3v) is 5.00. The molecule has 0 aliphatic carbocycles. The fraction of sp³-hybridized carbons (Fsp3) is 0.208. The van der Waals surface area contributed by atoms with Crippen molar-refractivity contribution in [2.24, 2.45) is 5.10 Å². The lowest BCUT2D eigenvalue weighted by atomic mass is 10.2. The topological polar surface area (TPSA) is 91.2 Å². The van der Waals surface area contributed by atoms with Crippen LogP contribution < -0.4 is 14.9 Å². The Balaban J connectivity index is 1.78. The average molecular weight is 435 g/mol. The zero-order valence-electron chi connectivity index (χ0n) is 18.6. The van der Waals surface area contributed by atoms with Crippen LogP contribution in [0.25, 0.3) is 5.69 Å². The molecule has 0 radical (unpaired) electrons. The van der Waals surface area contributed by atoms with E-state index in [1.54, 1.807) is 36.5 Å². The molecule has 8 nitrogen and oxygen atoms in total. The Kier molecular flexibility index (Phi) is 6.94. The maximum Gasteiger partial charge on any atom is 0.337 e. The molecule has 8 heteroatoms. The van der Waals surface area contributed by atoms with Crippen molar-refractivity contribution in [1.29, 1.82) is 0 Å². The van der Waals surface area contributed by atoms with Gasteiger partial charge in [0.05, 0.1) is 33.1 Å². The first-order chi connectivity index (χ1) is 15.4. The monoisotopic (exact) mass is 435 g/mol. The Labute approximate surface area is 186 Å². The number of esters is 1. The number of amides is 1. The summed E-state index contributed by atoms with van der Waals surface area (Å²) in [5.41, 5.74) is 7.06. The second-order valence-electron chi connectivity index (χ2n) is 7.00. The minimum absolute atomic E-state index is 0.370. The Hall–Kier alpha value is -4.07. The third-order valence-electron chi connectivity index (χ3n) is 5.00. The van der Waals surface area contributed by atoms with Crippen LogP contribution in [0.15, 0.2) is 53.6 Å². The molecule has 0 saturated carbocycles. The molecule has 0 fully saturated rings. The number of benzene rings is 2. The normalized spacial score (nSPS) is 10.8. The van der Waals surface area contributed by atoms with Gasteiger partial charge in [0.25, 0.3) is 5.91 Å². The highest BCUT2D eigenvalue weighted by molar-refractivity contribution is 5.96. The predicted molar refractivity (Wildman–Crippen MR) is 121 cm³/mol. The van der Waals surface area contributed by atoms with Gasteiger partial charge in [0.1, 0.15) is 11.5 Å². The van der Waals surface area contributed by atoms with E-state index in [4.69, 9.17) is 14.2 Å². The molecule has 2 aromatic carbocycles. The average Bonchev–Trinajstić information content (AvgIpc) is 3.10. The van der Waals surface area contributed by atoms with Crippen molar-refractivity contribution < 1.29 is 23.8 Å². The van der Waals surface area contributed by atoms with E-state index in [0.717, 1.165) is 22.6 Å². The van der Waals surface area contributed by atoms with E-state index in [0.29, 0.717) is 22.6 Å². The molecular formula is C24H25N3O5. The lowest BCUT2D eigenvalue weighted by Crippen LogP contribution is -2.17. The third kappa shape index (κ3) is 4.80. The molecule has 0 saturated heterocycles. The van der Waals surface area contributed by atoms with Crippen LogP contribution in [0.2, 0.25) is 0 Å². The van der Waals surface area contributed by atoms with Gasteiger partial charge in [-0.2, -0.15) is 5.10 Å². The highest BCUT2D eigenvalue weighted by Crippen LogP contribution is 2.23. The minimum atomic E-state index is -0.384. The molecule has 166 valence electrons. The molecule has 0 bridgehead atoms. The van der Waals surface area contributed by atoms with E-state index in [-0.39, 0.29) is 11.9 Å². The number of hydrazone groups is 1. The number of carbonyl (C=O) groups is 2. The number of nitrogens with zero attached hydrogens (tertiary/aromatic N) is 2. The van der Waals surface area contributed by atoms with Crippen LogP contribution in [0.1, 0.15) is 37.7 Å². The summed E-state index contributed by atoms with van der Waals surface area (Å²) >= 11 is 0. The van der Waals surface area contributed by atoms with Gasteiger partial charge in [-0.05, 0) is 56.3 Å². The van der Waals surface area contributed by atoms with Crippen molar-refractivity contribution in [3.05, 3.63) is 76.6 Å². The van der Waals surface area contributed by atoms with Crippen LogP contribution >= 0.6 is 0 Å². The molecular weight excluding hydrogens is 410 g/mol. The van der Waals surface area contributed by atoms with Crippen molar-refractivity contribution in [2.45, 2.75) is 13.8 Å². The molecule has 1 N–H and O–H groups in total. The number of aryl methyl sites for hydroxylation is 1. The largest absolute Gasteiger partial charge is 0.497 e. The van der Waals surface area contributed by atoms with Gasteiger partial charge < -0.3 is 18.8 Å². The maximum absolute atomic E-state index is 12.5. The van der Waals surface area contributed by atoms with Gasteiger partial charge in [0.15, 0.2) is 0 Å². The molecule has 3 rings (SSSR count). The van der Waals surface area contributed by atoms with E-state index in [1.165, 1.54) is 21.3 Å². The van der Waals surface area contributed by atoms with Crippen molar-refractivity contribution in [3.63, 3.8) is 0 Å². The van der Waals surface area contributed by atoms with Crippen LogP contribution in [-0.2, 0) is 4.74 Å². The molecule has 0 spiro atoms. The van der Waals surface area contributed by atoms with Crippen LogP contribution in [0, 0.1) is 13.8 Å². The predicted octanol–water partition coefficient (Wildman–Crippen LogP) is 3.66. The molecule has 0 aliphatic rings. The van der Waals surface area contributed by atoms with E-state index in [9.17, 15) is 9.59 Å². The SMILES string of the molecule is COC(=O)c1ccc(-n2c(C)cc(/C=N\NC(=O)c3cc(OC)cc(OC)c3)c2C)cc1. The quantitative estimate of drug-likeness (QED) is 0.347. The summed E-state index contributed by atoms with van der Waals surface area (Å²) in [6.45, 7) is 3.93. The van der Waals surface area contributed by atoms with Crippen LogP contribution in [0.4, 0.5) is 0 Å². The highest BCUT2D eigenvalue weighted by Gasteiger charge is 2.12. The molecule has 0 aliphatic heterocycles. The van der Waals surface area contributed by atoms with Gasteiger partial charge in [-0.3, -0.25) is 4.79 Å². The van der Waals surface area contributed by atoms with Crippen LogP contribution in [-0.4, -0.2) is 44.0 Å². The molecule has 1 aromatic heterocycles. The molecule has 0 atom stereocenters. The Bertz CT molecular complexity index is 1140. The van der Waals surface area contributed by atoms with Crippen molar-refractivity contribution in [2.75, 3.05) is 21.3 Å². The summed E-state index contributed by atoms with van der Waals surface area (Å²) in [6, 6.07) is 14.0. The summed E-state index contributed by atoms with van der Waals surface area (Å²) in [6.07, 6.45) is 1.59. The Morgan fingerprint density at radius 2 is 1.53 bits per heavy atom. The Morgan fingerprint density at radius 3 is 2.09 bits per heavy atom. The van der Waals surface area contributed by atoms with Gasteiger partial charge in [0.2, 0.25) is 0 Å². The number of rotatable bonds is 7. The van der Waals surface area contributed by atoms with Gasteiger partial charge in [-0.25, -0.2) is 10.2 Å². The molecule has 32 heavy (non-hydrogen) atoms. The van der Waals surface area contributed by atoms with Gasteiger partial charge in [0, 0.05) is 34.3 Å². The number of aromatic nitrogens is 1. The van der Waals surface area contributed by atoms with Gasteiger partial charge in [-0.15, -0.1) is 0 Å². The van der Waals surface area contributed by atoms with Crippen molar-refractivity contribution >= 4 is 18.1 Å². The van der Waals surface area contributed by atoms with E-state index in [2.05, 4.69) is 10.5 Å². The number of nitrogens with one attached hydrogen (secondary N) is 1. The number of hydrogen-bond acceptors (Lipinski definition) is 6. The molecule has 3 aromatic rings. The summed E-state index contributed by atoms with van der Waals surface area (Å²) in [5.74, 6) is 0.265. The fourth-order valence-corrected chi connectivity index (χ4v) is 3.34. The molecule has 1 amide bonds. The second kappa shape index (κ2) is 9.82. The van der Waals surface area contributed by atoms with Crippen molar-refractivity contribution in [3.8, 4) is 17.2 Å². The summed E-state index contributed by atoms with van der Waals surface area (Å²) < 4.78 is 17.2. The lowest BCUT2D eigenvalue weighted by Gasteiger charge is -2.10. The minimum Gasteiger partial charge on any atom is -0.497 e. The maximum atomic E-state index is 12.5.